The summed E-state index contributed by atoms with van der Waals surface area (Å²) < 4.78 is 12.2. The molecule has 0 unspecified atom stereocenters. The molecule has 1 heterocycles. The van der Waals surface area contributed by atoms with E-state index >= 15 is 0 Å². The lowest BCUT2D eigenvalue weighted by Gasteiger charge is -2.07. The van der Waals surface area contributed by atoms with Gasteiger partial charge in [0.2, 0.25) is 0 Å². The van der Waals surface area contributed by atoms with Gasteiger partial charge in [-0.2, -0.15) is 0 Å². The van der Waals surface area contributed by atoms with Gasteiger partial charge in [0.1, 0.15) is 18.2 Å². The molecule has 2 aromatic carbocycles. The smallest absolute Gasteiger partial charge is 0.331 e. The molecule has 0 aliphatic rings. The van der Waals surface area contributed by atoms with E-state index in [1.165, 1.54) is 6.08 Å². The van der Waals surface area contributed by atoms with Gasteiger partial charge in [0.05, 0.1) is 24.8 Å². The number of esters is 1. The third-order valence-corrected chi connectivity index (χ3v) is 4.22. The first-order valence-electron chi connectivity index (χ1n) is 8.35. The topological polar surface area (TPSA) is 73.6 Å². The van der Waals surface area contributed by atoms with Crippen molar-refractivity contribution in [3.63, 3.8) is 0 Å². The van der Waals surface area contributed by atoms with E-state index in [0.717, 1.165) is 22.3 Å². The van der Waals surface area contributed by atoms with Crippen LogP contribution in [0.5, 0.6) is 5.75 Å². The maximum atomic E-state index is 12.0. The zero-order valence-corrected chi connectivity index (χ0v) is 15.5. The molecule has 0 aliphatic carbocycles. The maximum Gasteiger partial charge on any atom is 0.331 e. The van der Waals surface area contributed by atoms with Gasteiger partial charge in [-0.05, 0) is 42.0 Å². The summed E-state index contributed by atoms with van der Waals surface area (Å²) in [5.41, 5.74) is 2.37. The van der Waals surface area contributed by atoms with Crippen molar-refractivity contribution < 1.29 is 19.4 Å². The standard InChI is InChI=1S/C20H19ClN2O4/c1-26-16-6-2-14(3-7-16)4-9-20(25)27-13-19-22-17-8-5-15(21)12-18(17)23(19)10-11-24/h2-9,12,24H,10-11,13H2,1H3. The second-order valence-corrected chi connectivity index (χ2v) is 6.19. The quantitative estimate of drug-likeness (QED) is 0.497. The number of fused-ring (bicyclic) bond motifs is 1. The summed E-state index contributed by atoms with van der Waals surface area (Å²) in [6.45, 7) is 0.278. The van der Waals surface area contributed by atoms with Crippen LogP contribution in [0.2, 0.25) is 5.02 Å². The Hall–Kier alpha value is -2.83. The molecule has 1 N–H and O–H groups in total. The van der Waals surface area contributed by atoms with Crippen molar-refractivity contribution in [1.29, 1.82) is 0 Å². The highest BCUT2D eigenvalue weighted by Gasteiger charge is 2.12. The van der Waals surface area contributed by atoms with Crippen LogP contribution in [0.15, 0.2) is 48.5 Å². The van der Waals surface area contributed by atoms with Crippen molar-refractivity contribution in [2.75, 3.05) is 13.7 Å². The van der Waals surface area contributed by atoms with E-state index in [0.29, 0.717) is 17.4 Å². The van der Waals surface area contributed by atoms with Crippen LogP contribution in [0.1, 0.15) is 11.4 Å². The molecular weight excluding hydrogens is 368 g/mol. The zero-order valence-electron chi connectivity index (χ0n) is 14.8. The predicted molar refractivity (Wildman–Crippen MR) is 104 cm³/mol. The molecule has 7 heteroatoms. The van der Waals surface area contributed by atoms with Gasteiger partial charge in [0.25, 0.3) is 0 Å². The Morgan fingerprint density at radius 3 is 2.74 bits per heavy atom. The zero-order chi connectivity index (χ0) is 19.2. The molecule has 3 aromatic rings. The van der Waals surface area contributed by atoms with Crippen LogP contribution in [0.4, 0.5) is 0 Å². The van der Waals surface area contributed by atoms with Gasteiger partial charge in [-0.15, -0.1) is 0 Å². The Labute approximate surface area is 161 Å². The molecule has 0 radical (unpaired) electrons. The van der Waals surface area contributed by atoms with E-state index in [-0.39, 0.29) is 13.2 Å². The summed E-state index contributed by atoms with van der Waals surface area (Å²) in [5, 5.41) is 9.88. The molecule has 27 heavy (non-hydrogen) atoms. The molecule has 3 rings (SSSR count). The van der Waals surface area contributed by atoms with Crippen LogP contribution in [-0.4, -0.2) is 34.3 Å². The summed E-state index contributed by atoms with van der Waals surface area (Å²) in [6, 6.07) is 12.6. The Kier molecular flexibility index (Phi) is 6.11. The van der Waals surface area contributed by atoms with Crippen molar-refractivity contribution >= 4 is 34.7 Å². The van der Waals surface area contributed by atoms with E-state index in [1.807, 2.05) is 24.3 Å². The molecule has 0 aliphatic heterocycles. The number of nitrogens with zero attached hydrogens (tertiary/aromatic N) is 2. The van der Waals surface area contributed by atoms with Crippen LogP contribution in [-0.2, 0) is 22.7 Å². The number of hydrogen-bond acceptors (Lipinski definition) is 5. The number of aliphatic hydroxyl groups excluding tert-OH is 1. The highest BCUT2D eigenvalue weighted by atomic mass is 35.5. The van der Waals surface area contributed by atoms with Crippen LogP contribution in [0.3, 0.4) is 0 Å². The minimum atomic E-state index is -0.480. The fraction of sp³-hybridized carbons (Fsp3) is 0.200. The minimum absolute atomic E-state index is 0.00190. The Morgan fingerprint density at radius 1 is 1.26 bits per heavy atom. The summed E-state index contributed by atoms with van der Waals surface area (Å²) in [7, 11) is 1.60. The number of hydrogen-bond donors (Lipinski definition) is 1. The number of aromatic nitrogens is 2. The molecule has 1 aromatic heterocycles. The van der Waals surface area contributed by atoms with Gasteiger partial charge < -0.3 is 19.1 Å². The third kappa shape index (κ3) is 4.67. The van der Waals surface area contributed by atoms with Crippen molar-refractivity contribution in [1.82, 2.24) is 9.55 Å². The second-order valence-electron chi connectivity index (χ2n) is 5.75. The van der Waals surface area contributed by atoms with Crippen molar-refractivity contribution in [2.45, 2.75) is 13.2 Å². The third-order valence-electron chi connectivity index (χ3n) is 3.98. The molecule has 140 valence electrons. The summed E-state index contributed by atoms with van der Waals surface area (Å²) in [5.74, 6) is 0.816. The normalized spacial score (nSPS) is 11.2. The molecule has 6 nitrogen and oxygen atoms in total. The number of carbonyl (C=O) groups is 1. The average Bonchev–Trinajstić information content (AvgIpc) is 3.02. The molecule has 0 amide bonds. The number of benzene rings is 2. The van der Waals surface area contributed by atoms with Gasteiger partial charge in [-0.3, -0.25) is 0 Å². The van der Waals surface area contributed by atoms with Crippen LogP contribution < -0.4 is 4.74 Å². The first kappa shape index (κ1) is 18.9. The fourth-order valence-corrected chi connectivity index (χ4v) is 2.83. The fourth-order valence-electron chi connectivity index (χ4n) is 2.67. The summed E-state index contributed by atoms with van der Waals surface area (Å²) >= 11 is 6.04. The number of methoxy groups -OCH3 is 1. The number of imidazole rings is 1. The SMILES string of the molecule is COc1ccc(C=CC(=O)OCc2nc3ccc(Cl)cc3n2CCO)cc1. The maximum absolute atomic E-state index is 12.0. The Morgan fingerprint density at radius 2 is 2.04 bits per heavy atom. The lowest BCUT2D eigenvalue weighted by molar-refractivity contribution is -0.139. The monoisotopic (exact) mass is 386 g/mol. The average molecular weight is 387 g/mol. The first-order chi connectivity index (χ1) is 13.1. The molecular formula is C20H19ClN2O4. The Bertz CT molecular complexity index is 964. The predicted octanol–water partition coefficient (Wildman–Crippen LogP) is 3.45. The Balaban J connectivity index is 1.69. The van der Waals surface area contributed by atoms with Crippen LogP contribution >= 0.6 is 11.6 Å². The van der Waals surface area contributed by atoms with Gasteiger partial charge in [0.15, 0.2) is 0 Å². The van der Waals surface area contributed by atoms with E-state index < -0.39 is 5.97 Å². The van der Waals surface area contributed by atoms with E-state index in [1.54, 1.807) is 36.0 Å². The minimum Gasteiger partial charge on any atom is -0.497 e. The van der Waals surface area contributed by atoms with Crippen molar-refractivity contribution in [3.05, 3.63) is 65.0 Å². The first-order valence-corrected chi connectivity index (χ1v) is 8.73. The summed E-state index contributed by atoms with van der Waals surface area (Å²) in [6.07, 6.45) is 3.02. The second kappa shape index (κ2) is 8.70. The number of carbonyl (C=O) groups excluding carboxylic acids is 1. The highest BCUT2D eigenvalue weighted by molar-refractivity contribution is 6.31. The van der Waals surface area contributed by atoms with Crippen molar-refractivity contribution in [3.8, 4) is 5.75 Å². The molecule has 0 spiro atoms. The number of aliphatic hydroxyl groups is 1. The van der Waals surface area contributed by atoms with Gasteiger partial charge >= 0.3 is 5.97 Å². The van der Waals surface area contributed by atoms with E-state index in [9.17, 15) is 9.90 Å². The summed E-state index contributed by atoms with van der Waals surface area (Å²) in [4.78, 5) is 16.5. The van der Waals surface area contributed by atoms with E-state index in [2.05, 4.69) is 4.98 Å². The number of halogens is 1. The molecule has 0 saturated heterocycles. The lowest BCUT2D eigenvalue weighted by Crippen LogP contribution is -2.10. The largest absolute Gasteiger partial charge is 0.497 e. The number of rotatable bonds is 7. The number of ether oxygens (including phenoxy) is 2. The lowest BCUT2D eigenvalue weighted by atomic mass is 10.2. The molecule has 0 saturated carbocycles. The van der Waals surface area contributed by atoms with Crippen molar-refractivity contribution in [2.24, 2.45) is 0 Å². The molecule has 0 bridgehead atoms. The highest BCUT2D eigenvalue weighted by Crippen LogP contribution is 2.21. The van der Waals surface area contributed by atoms with Crippen LogP contribution in [0.25, 0.3) is 17.1 Å². The van der Waals surface area contributed by atoms with Gasteiger partial charge in [-0.25, -0.2) is 9.78 Å². The molecule has 0 atom stereocenters. The van der Waals surface area contributed by atoms with Crippen LogP contribution in [0, 0.1) is 0 Å². The van der Waals surface area contributed by atoms with Gasteiger partial charge in [0, 0.05) is 17.6 Å². The van der Waals surface area contributed by atoms with Gasteiger partial charge in [-0.1, -0.05) is 23.7 Å². The van der Waals surface area contributed by atoms with E-state index in [4.69, 9.17) is 21.1 Å². The molecule has 0 fully saturated rings.